The predicted molar refractivity (Wildman–Crippen MR) is 70.4 cm³/mol. The molecule has 0 spiro atoms. The summed E-state index contributed by atoms with van der Waals surface area (Å²) in [6, 6.07) is 5.87. The fourth-order valence-corrected chi connectivity index (χ4v) is 3.29. The van der Waals surface area contributed by atoms with E-state index in [1.807, 2.05) is 12.2 Å². The van der Waals surface area contributed by atoms with Crippen molar-refractivity contribution >= 4 is 17.6 Å². The van der Waals surface area contributed by atoms with E-state index in [2.05, 4.69) is 5.32 Å². The van der Waals surface area contributed by atoms with Crippen LogP contribution in [0, 0.1) is 29.5 Å². The molecule has 20 heavy (non-hydrogen) atoms. The summed E-state index contributed by atoms with van der Waals surface area (Å²) < 4.78 is 13.5. The van der Waals surface area contributed by atoms with Gasteiger partial charge in [-0.2, -0.15) is 0 Å². The van der Waals surface area contributed by atoms with Crippen LogP contribution in [0.15, 0.2) is 36.4 Å². The fourth-order valence-electron chi connectivity index (χ4n) is 3.29. The van der Waals surface area contributed by atoms with Gasteiger partial charge in [0.2, 0.25) is 5.91 Å². The van der Waals surface area contributed by atoms with E-state index in [1.54, 1.807) is 6.07 Å². The van der Waals surface area contributed by atoms with Crippen molar-refractivity contribution in [3.05, 3.63) is 42.2 Å². The van der Waals surface area contributed by atoms with Crippen molar-refractivity contribution in [1.82, 2.24) is 0 Å². The smallest absolute Gasteiger partial charge is 0.307 e. The number of anilines is 1. The molecule has 104 valence electrons. The van der Waals surface area contributed by atoms with Crippen LogP contribution in [0.2, 0.25) is 0 Å². The van der Waals surface area contributed by atoms with Crippen LogP contribution >= 0.6 is 0 Å². The quantitative estimate of drug-likeness (QED) is 0.832. The van der Waals surface area contributed by atoms with Gasteiger partial charge in [0.1, 0.15) is 5.82 Å². The number of amides is 1. The van der Waals surface area contributed by atoms with Crippen molar-refractivity contribution in [2.75, 3.05) is 5.32 Å². The Kier molecular flexibility index (Phi) is 3.04. The van der Waals surface area contributed by atoms with Crippen LogP contribution in [0.4, 0.5) is 10.1 Å². The number of nitrogens with one attached hydrogen (secondary N) is 1. The highest BCUT2D eigenvalue weighted by atomic mass is 19.1. The Morgan fingerprint density at radius 3 is 2.45 bits per heavy atom. The number of carboxylic acids is 1. The monoisotopic (exact) mass is 275 g/mol. The van der Waals surface area contributed by atoms with Gasteiger partial charge in [-0.25, -0.2) is 4.39 Å². The van der Waals surface area contributed by atoms with Crippen LogP contribution in [0.3, 0.4) is 0 Å². The van der Waals surface area contributed by atoms with Crippen LogP contribution < -0.4 is 5.32 Å². The number of carbonyl (C=O) groups is 2. The number of hydrogen-bond donors (Lipinski definition) is 2. The van der Waals surface area contributed by atoms with Crippen LogP contribution in [0.5, 0.6) is 0 Å². The molecule has 4 atom stereocenters. The van der Waals surface area contributed by atoms with Gasteiger partial charge in [0.25, 0.3) is 0 Å². The lowest BCUT2D eigenvalue weighted by molar-refractivity contribution is -0.146. The molecule has 0 heterocycles. The molecule has 0 aliphatic heterocycles. The van der Waals surface area contributed by atoms with E-state index in [9.17, 15) is 19.1 Å². The number of carboxylic acid groups (broad SMARTS) is 1. The highest BCUT2D eigenvalue weighted by Crippen LogP contribution is 2.48. The Morgan fingerprint density at radius 2 is 1.80 bits per heavy atom. The highest BCUT2D eigenvalue weighted by molar-refractivity contribution is 5.96. The summed E-state index contributed by atoms with van der Waals surface area (Å²) in [6.45, 7) is 0. The molecule has 1 aromatic carbocycles. The SMILES string of the molecule is O=C(O)[C@H]1[C@H](C(=O)Nc2ccccc2F)[C@H]2C=C[C@@H]1C2. The maximum absolute atomic E-state index is 13.5. The number of halogens is 1. The van der Waals surface area contributed by atoms with Gasteiger partial charge in [0.05, 0.1) is 17.5 Å². The van der Waals surface area contributed by atoms with Gasteiger partial charge in [-0.15, -0.1) is 0 Å². The predicted octanol–water partition coefficient (Wildman–Crippen LogP) is 2.29. The first-order valence-corrected chi connectivity index (χ1v) is 6.54. The molecule has 4 nitrogen and oxygen atoms in total. The Bertz CT molecular complexity index is 599. The number of para-hydroxylation sites is 1. The summed E-state index contributed by atoms with van der Waals surface area (Å²) >= 11 is 0. The minimum absolute atomic E-state index is 0.0622. The van der Waals surface area contributed by atoms with Crippen LogP contribution in [-0.2, 0) is 9.59 Å². The molecule has 3 rings (SSSR count). The van der Waals surface area contributed by atoms with Crippen LogP contribution in [0.25, 0.3) is 0 Å². The minimum Gasteiger partial charge on any atom is -0.481 e. The van der Waals surface area contributed by atoms with Crippen LogP contribution in [-0.4, -0.2) is 17.0 Å². The molecule has 1 amide bonds. The lowest BCUT2D eigenvalue weighted by Gasteiger charge is -2.23. The molecule has 0 saturated heterocycles. The summed E-state index contributed by atoms with van der Waals surface area (Å²) in [5.74, 6) is -3.39. The number of benzene rings is 1. The molecule has 2 aliphatic carbocycles. The van der Waals surface area contributed by atoms with Gasteiger partial charge in [-0.05, 0) is 30.4 Å². The first kappa shape index (κ1) is 12.8. The molecule has 5 heteroatoms. The van der Waals surface area contributed by atoms with Crippen molar-refractivity contribution in [3.63, 3.8) is 0 Å². The molecule has 0 radical (unpaired) electrons. The van der Waals surface area contributed by atoms with Crippen molar-refractivity contribution in [3.8, 4) is 0 Å². The zero-order valence-electron chi connectivity index (χ0n) is 10.6. The third kappa shape index (κ3) is 1.99. The van der Waals surface area contributed by atoms with E-state index >= 15 is 0 Å². The van der Waals surface area contributed by atoms with E-state index in [0.29, 0.717) is 6.42 Å². The third-order valence-electron chi connectivity index (χ3n) is 4.18. The Morgan fingerprint density at radius 1 is 1.15 bits per heavy atom. The molecule has 2 N–H and O–H groups in total. The second kappa shape index (κ2) is 4.74. The number of allylic oxidation sites excluding steroid dienone is 2. The number of fused-ring (bicyclic) bond motifs is 2. The molecule has 2 bridgehead atoms. The third-order valence-corrected chi connectivity index (χ3v) is 4.18. The lowest BCUT2D eigenvalue weighted by atomic mass is 9.82. The molecule has 1 fully saturated rings. The lowest BCUT2D eigenvalue weighted by Crippen LogP contribution is -2.36. The normalized spacial score (nSPS) is 30.4. The van der Waals surface area contributed by atoms with E-state index in [4.69, 9.17) is 0 Å². The summed E-state index contributed by atoms with van der Waals surface area (Å²) in [4.78, 5) is 23.6. The standard InChI is InChI=1S/C15H14FNO3/c16-10-3-1-2-4-11(10)17-14(18)12-8-5-6-9(7-8)13(12)15(19)20/h1-6,8-9,12-13H,7H2,(H,17,18)(H,19,20)/t8-,9+,12+,13+/m0/s1. The van der Waals surface area contributed by atoms with Gasteiger partial charge in [0, 0.05) is 0 Å². The number of aliphatic carboxylic acids is 1. The Labute approximate surface area is 115 Å². The molecule has 0 aromatic heterocycles. The topological polar surface area (TPSA) is 66.4 Å². The molecule has 1 aromatic rings. The molecular formula is C15H14FNO3. The average Bonchev–Trinajstić information content (AvgIpc) is 3.01. The molecule has 2 aliphatic rings. The van der Waals surface area contributed by atoms with Crippen molar-refractivity contribution < 1.29 is 19.1 Å². The summed E-state index contributed by atoms with van der Waals surface area (Å²) in [5.41, 5.74) is 0.0911. The van der Waals surface area contributed by atoms with Crippen molar-refractivity contribution in [1.29, 1.82) is 0 Å². The van der Waals surface area contributed by atoms with Crippen molar-refractivity contribution in [2.24, 2.45) is 23.7 Å². The fraction of sp³-hybridized carbons (Fsp3) is 0.333. The zero-order valence-corrected chi connectivity index (χ0v) is 10.6. The zero-order chi connectivity index (χ0) is 14.3. The summed E-state index contributed by atoms with van der Waals surface area (Å²) in [7, 11) is 0. The Balaban J connectivity index is 1.82. The highest BCUT2D eigenvalue weighted by Gasteiger charge is 2.51. The van der Waals surface area contributed by atoms with E-state index in [0.717, 1.165) is 0 Å². The first-order valence-electron chi connectivity index (χ1n) is 6.54. The van der Waals surface area contributed by atoms with Gasteiger partial charge in [0.15, 0.2) is 0 Å². The maximum atomic E-state index is 13.5. The molecule has 0 unspecified atom stereocenters. The van der Waals surface area contributed by atoms with Crippen molar-refractivity contribution in [2.45, 2.75) is 6.42 Å². The maximum Gasteiger partial charge on any atom is 0.307 e. The van der Waals surface area contributed by atoms with E-state index < -0.39 is 29.5 Å². The molecular weight excluding hydrogens is 261 g/mol. The van der Waals surface area contributed by atoms with Crippen LogP contribution in [0.1, 0.15) is 6.42 Å². The number of hydrogen-bond acceptors (Lipinski definition) is 2. The number of rotatable bonds is 3. The second-order valence-corrected chi connectivity index (χ2v) is 5.31. The molecule has 1 saturated carbocycles. The summed E-state index contributed by atoms with van der Waals surface area (Å²) in [6.07, 6.45) is 4.46. The van der Waals surface area contributed by atoms with E-state index in [-0.39, 0.29) is 17.5 Å². The van der Waals surface area contributed by atoms with Gasteiger partial charge in [-0.1, -0.05) is 24.3 Å². The van der Waals surface area contributed by atoms with Gasteiger partial charge < -0.3 is 10.4 Å². The first-order chi connectivity index (χ1) is 9.58. The van der Waals surface area contributed by atoms with E-state index in [1.165, 1.54) is 18.2 Å². The Hall–Kier alpha value is -2.17. The summed E-state index contributed by atoms with van der Waals surface area (Å²) in [5, 5.41) is 11.8. The average molecular weight is 275 g/mol. The second-order valence-electron chi connectivity index (χ2n) is 5.31. The number of carbonyl (C=O) groups excluding carboxylic acids is 1. The van der Waals surface area contributed by atoms with Gasteiger partial charge in [-0.3, -0.25) is 9.59 Å². The minimum atomic E-state index is -0.962. The van der Waals surface area contributed by atoms with Gasteiger partial charge >= 0.3 is 5.97 Å². The largest absolute Gasteiger partial charge is 0.481 e.